The van der Waals surface area contributed by atoms with Crippen LogP contribution in [0.4, 0.5) is 5.69 Å². The van der Waals surface area contributed by atoms with Gasteiger partial charge in [-0.15, -0.1) is 0 Å². The molecule has 2 atom stereocenters. The first-order valence-corrected chi connectivity index (χ1v) is 9.75. The van der Waals surface area contributed by atoms with Gasteiger partial charge in [-0.1, -0.05) is 30.4 Å². The molecule has 0 bridgehead atoms. The summed E-state index contributed by atoms with van der Waals surface area (Å²) in [5.41, 5.74) is 2.09. The number of rotatable bonds is 5. The molecule has 3 aliphatic rings. The average molecular weight is 367 g/mol. The van der Waals surface area contributed by atoms with E-state index in [0.717, 1.165) is 30.5 Å². The Kier molecular flexibility index (Phi) is 4.97. The number of benzene rings is 1. The standard InChI is InChI=1S/C21H25N3O3/c25-19(24-12-11-14-5-1-4-8-18(14)24)13-22-20(26)16-6-2-3-7-17(16)21(27)23-15-9-10-15/h1-5,8,15-17H,6-7,9-13H2,(H,22,26)(H,23,27)/t16-,17+/m0/s1. The molecule has 0 spiro atoms. The molecule has 0 radical (unpaired) electrons. The summed E-state index contributed by atoms with van der Waals surface area (Å²) >= 11 is 0. The third-order valence-electron chi connectivity index (χ3n) is 5.63. The number of carbonyl (C=O) groups is 3. The van der Waals surface area contributed by atoms with Crippen LogP contribution < -0.4 is 15.5 Å². The van der Waals surface area contributed by atoms with Crippen LogP contribution in [0.5, 0.6) is 0 Å². The third-order valence-corrected chi connectivity index (χ3v) is 5.63. The molecule has 6 nitrogen and oxygen atoms in total. The van der Waals surface area contributed by atoms with Gasteiger partial charge in [-0.25, -0.2) is 0 Å². The summed E-state index contributed by atoms with van der Waals surface area (Å²) in [6, 6.07) is 8.13. The van der Waals surface area contributed by atoms with Gasteiger partial charge >= 0.3 is 0 Å². The summed E-state index contributed by atoms with van der Waals surface area (Å²) < 4.78 is 0. The molecule has 0 unspecified atom stereocenters. The van der Waals surface area contributed by atoms with Gasteiger partial charge in [0, 0.05) is 18.3 Å². The van der Waals surface area contributed by atoms with Gasteiger partial charge in [0.05, 0.1) is 18.4 Å². The van der Waals surface area contributed by atoms with E-state index in [4.69, 9.17) is 0 Å². The van der Waals surface area contributed by atoms with Crippen LogP contribution in [-0.4, -0.2) is 36.9 Å². The summed E-state index contributed by atoms with van der Waals surface area (Å²) in [6.07, 6.45) is 7.91. The minimum absolute atomic E-state index is 0.0374. The molecular weight excluding hydrogens is 342 g/mol. The molecule has 1 aromatic rings. The number of hydrogen-bond acceptors (Lipinski definition) is 3. The normalized spacial score (nSPS) is 23.6. The Morgan fingerprint density at radius 2 is 1.70 bits per heavy atom. The van der Waals surface area contributed by atoms with Gasteiger partial charge in [0.1, 0.15) is 0 Å². The monoisotopic (exact) mass is 367 g/mol. The number of nitrogens with one attached hydrogen (secondary N) is 2. The smallest absolute Gasteiger partial charge is 0.246 e. The largest absolute Gasteiger partial charge is 0.353 e. The molecule has 4 rings (SSSR count). The first-order valence-electron chi connectivity index (χ1n) is 9.75. The van der Waals surface area contributed by atoms with Crippen molar-refractivity contribution in [1.29, 1.82) is 0 Å². The zero-order valence-corrected chi connectivity index (χ0v) is 15.3. The van der Waals surface area contributed by atoms with Gasteiger partial charge in [-0.05, 0) is 43.7 Å². The fourth-order valence-corrected chi connectivity index (χ4v) is 3.92. The van der Waals surface area contributed by atoms with Crippen molar-refractivity contribution in [3.63, 3.8) is 0 Å². The van der Waals surface area contributed by atoms with Gasteiger partial charge in [-0.2, -0.15) is 0 Å². The molecule has 1 aliphatic heterocycles. The zero-order chi connectivity index (χ0) is 18.8. The van der Waals surface area contributed by atoms with Gasteiger partial charge in [0.2, 0.25) is 17.7 Å². The SMILES string of the molecule is O=C(NCC(=O)N1CCc2ccccc21)[C@H]1CC=CC[C@H]1C(=O)NC1CC1. The van der Waals surface area contributed by atoms with E-state index in [1.807, 2.05) is 36.4 Å². The maximum absolute atomic E-state index is 12.7. The number of amides is 3. The Labute approximate surface area is 159 Å². The predicted octanol–water partition coefficient (Wildman–Crippen LogP) is 1.55. The van der Waals surface area contributed by atoms with E-state index < -0.39 is 5.92 Å². The van der Waals surface area contributed by atoms with Gasteiger partial charge in [-0.3, -0.25) is 14.4 Å². The fraction of sp³-hybridized carbons (Fsp3) is 0.476. The van der Waals surface area contributed by atoms with Crippen molar-refractivity contribution in [3.8, 4) is 0 Å². The first-order chi connectivity index (χ1) is 13.1. The topological polar surface area (TPSA) is 78.5 Å². The van der Waals surface area contributed by atoms with E-state index >= 15 is 0 Å². The molecule has 1 aromatic carbocycles. The van der Waals surface area contributed by atoms with Crippen LogP contribution in [0.15, 0.2) is 36.4 Å². The van der Waals surface area contributed by atoms with Crippen LogP contribution in [-0.2, 0) is 20.8 Å². The predicted molar refractivity (Wildman–Crippen MR) is 102 cm³/mol. The van der Waals surface area contributed by atoms with Crippen molar-refractivity contribution in [2.75, 3.05) is 18.0 Å². The number of nitrogens with zero attached hydrogens (tertiary/aromatic N) is 1. The Hall–Kier alpha value is -2.63. The number of hydrogen-bond donors (Lipinski definition) is 2. The highest BCUT2D eigenvalue weighted by molar-refractivity contribution is 5.99. The molecule has 2 N–H and O–H groups in total. The molecule has 2 aliphatic carbocycles. The highest BCUT2D eigenvalue weighted by Crippen LogP contribution is 2.29. The van der Waals surface area contributed by atoms with Crippen LogP contribution in [0, 0.1) is 11.8 Å². The van der Waals surface area contributed by atoms with Crippen LogP contribution in [0.25, 0.3) is 0 Å². The fourth-order valence-electron chi connectivity index (χ4n) is 3.92. The first kappa shape index (κ1) is 17.8. The second-order valence-corrected chi connectivity index (χ2v) is 7.58. The molecular formula is C21H25N3O3. The lowest BCUT2D eigenvalue weighted by molar-refractivity contribution is -0.135. The van der Waals surface area contributed by atoms with E-state index in [2.05, 4.69) is 10.6 Å². The van der Waals surface area contributed by atoms with Gasteiger partial charge in [0.15, 0.2) is 0 Å². The van der Waals surface area contributed by atoms with E-state index in [-0.39, 0.29) is 36.2 Å². The molecule has 1 saturated carbocycles. The van der Waals surface area contributed by atoms with Crippen molar-refractivity contribution in [3.05, 3.63) is 42.0 Å². The lowest BCUT2D eigenvalue weighted by atomic mass is 9.81. The number of fused-ring (bicyclic) bond motifs is 1. The lowest BCUT2D eigenvalue weighted by Crippen LogP contribution is -2.46. The van der Waals surface area contributed by atoms with Crippen molar-refractivity contribution < 1.29 is 14.4 Å². The van der Waals surface area contributed by atoms with Crippen molar-refractivity contribution in [1.82, 2.24) is 10.6 Å². The van der Waals surface area contributed by atoms with Crippen LogP contribution in [0.3, 0.4) is 0 Å². The summed E-state index contributed by atoms with van der Waals surface area (Å²) in [5, 5.41) is 5.77. The average Bonchev–Trinajstić information content (AvgIpc) is 3.40. The van der Waals surface area contributed by atoms with Crippen molar-refractivity contribution >= 4 is 23.4 Å². The molecule has 1 heterocycles. The maximum Gasteiger partial charge on any atom is 0.246 e. The van der Waals surface area contributed by atoms with Crippen LogP contribution >= 0.6 is 0 Å². The molecule has 27 heavy (non-hydrogen) atoms. The summed E-state index contributed by atoms with van der Waals surface area (Å²) in [6.45, 7) is 0.608. The molecule has 0 aromatic heterocycles. The van der Waals surface area contributed by atoms with Crippen molar-refractivity contribution in [2.45, 2.75) is 38.1 Å². The maximum atomic E-state index is 12.7. The zero-order valence-electron chi connectivity index (χ0n) is 15.3. The number of anilines is 1. The second-order valence-electron chi connectivity index (χ2n) is 7.58. The summed E-state index contributed by atoms with van der Waals surface area (Å²) in [4.78, 5) is 39.4. The van der Waals surface area contributed by atoms with Crippen molar-refractivity contribution in [2.24, 2.45) is 11.8 Å². The van der Waals surface area contributed by atoms with Crippen LogP contribution in [0.2, 0.25) is 0 Å². The van der Waals surface area contributed by atoms with E-state index in [1.54, 1.807) is 4.90 Å². The van der Waals surface area contributed by atoms with E-state index in [9.17, 15) is 14.4 Å². The number of carbonyl (C=O) groups excluding carboxylic acids is 3. The Morgan fingerprint density at radius 3 is 2.44 bits per heavy atom. The molecule has 6 heteroatoms. The lowest BCUT2D eigenvalue weighted by Gasteiger charge is -2.27. The molecule has 3 amide bonds. The summed E-state index contributed by atoms with van der Waals surface area (Å²) in [5.74, 6) is -1.12. The van der Waals surface area contributed by atoms with Crippen LogP contribution in [0.1, 0.15) is 31.2 Å². The second kappa shape index (κ2) is 7.55. The number of allylic oxidation sites excluding steroid dienone is 2. The third kappa shape index (κ3) is 3.89. The minimum atomic E-state index is -0.410. The highest BCUT2D eigenvalue weighted by atomic mass is 16.2. The van der Waals surface area contributed by atoms with Gasteiger partial charge < -0.3 is 15.5 Å². The Bertz CT molecular complexity index is 785. The minimum Gasteiger partial charge on any atom is -0.353 e. The Balaban J connectivity index is 1.34. The van der Waals surface area contributed by atoms with E-state index in [0.29, 0.717) is 19.4 Å². The van der Waals surface area contributed by atoms with E-state index in [1.165, 1.54) is 0 Å². The summed E-state index contributed by atoms with van der Waals surface area (Å²) in [7, 11) is 0. The molecule has 142 valence electrons. The molecule has 1 fully saturated rings. The quantitative estimate of drug-likeness (QED) is 0.775. The highest BCUT2D eigenvalue weighted by Gasteiger charge is 2.36. The van der Waals surface area contributed by atoms with Gasteiger partial charge in [0.25, 0.3) is 0 Å². The Morgan fingerprint density at radius 1 is 1.00 bits per heavy atom. The number of para-hydroxylation sites is 1. The molecule has 0 saturated heterocycles.